The molecule has 0 spiro atoms. The third-order valence-corrected chi connectivity index (χ3v) is 14.4. The first-order valence-electron chi connectivity index (χ1n) is 20.8. The van der Waals surface area contributed by atoms with Crippen molar-refractivity contribution in [2.45, 2.75) is 19.3 Å². The van der Waals surface area contributed by atoms with E-state index in [1.54, 1.807) is 0 Å². The lowest BCUT2D eigenvalue weighted by atomic mass is 9.82. The lowest BCUT2D eigenvalue weighted by Crippen LogP contribution is -2.14. The van der Waals surface area contributed by atoms with Crippen LogP contribution in [0.5, 0.6) is 0 Å². The molecular weight excluding hydrogens is 745 g/mol. The zero-order valence-electron chi connectivity index (χ0n) is 33.3. The van der Waals surface area contributed by atoms with Crippen LogP contribution in [0, 0.1) is 0 Å². The maximum atomic E-state index is 2.48. The highest BCUT2D eigenvalue weighted by Gasteiger charge is 2.36. The first kappa shape index (κ1) is 33.7. The second-order valence-corrected chi connectivity index (χ2v) is 18.0. The number of para-hydroxylation sites is 4. The molecule has 1 aliphatic carbocycles. The minimum absolute atomic E-state index is 0.0819. The van der Waals surface area contributed by atoms with E-state index in [1.165, 1.54) is 120 Å². The minimum atomic E-state index is -0.0819. The maximum absolute atomic E-state index is 2.48. The topological polar surface area (TPSA) is 9.86 Å². The summed E-state index contributed by atoms with van der Waals surface area (Å²) in [6.45, 7) is 4.75. The number of nitrogens with zero attached hydrogens (tertiary/aromatic N) is 2. The molecular formula is C57H38N2S. The molecule has 0 unspecified atom stereocenters. The van der Waals surface area contributed by atoms with E-state index >= 15 is 0 Å². The van der Waals surface area contributed by atoms with Crippen molar-refractivity contribution in [1.29, 1.82) is 0 Å². The van der Waals surface area contributed by atoms with Crippen molar-refractivity contribution in [3.05, 3.63) is 205 Å². The number of aromatic nitrogens is 2. The fourth-order valence-electron chi connectivity index (χ4n) is 10.6. The van der Waals surface area contributed by atoms with Gasteiger partial charge in [0.05, 0.1) is 22.1 Å². The number of hydrogen-bond donors (Lipinski definition) is 0. The summed E-state index contributed by atoms with van der Waals surface area (Å²) in [7, 11) is 0. The number of benzene rings is 9. The van der Waals surface area contributed by atoms with E-state index in [2.05, 4.69) is 217 Å². The van der Waals surface area contributed by atoms with Gasteiger partial charge in [-0.3, -0.25) is 0 Å². The molecule has 0 bridgehead atoms. The van der Waals surface area contributed by atoms with E-state index in [-0.39, 0.29) is 5.41 Å². The zero-order valence-corrected chi connectivity index (χ0v) is 34.1. The van der Waals surface area contributed by atoms with Gasteiger partial charge in [0.25, 0.3) is 0 Å². The molecule has 1 aliphatic rings. The number of fused-ring (bicyclic) bond motifs is 12. The van der Waals surface area contributed by atoms with Crippen molar-refractivity contribution in [3.63, 3.8) is 0 Å². The Kier molecular flexibility index (Phi) is 6.98. The highest BCUT2D eigenvalue weighted by molar-refractivity contribution is 7.26. The van der Waals surface area contributed by atoms with Gasteiger partial charge in [0.15, 0.2) is 0 Å². The van der Waals surface area contributed by atoms with Gasteiger partial charge in [0.2, 0.25) is 0 Å². The number of hydrogen-bond acceptors (Lipinski definition) is 1. The van der Waals surface area contributed by atoms with E-state index in [4.69, 9.17) is 0 Å². The summed E-state index contributed by atoms with van der Waals surface area (Å²) in [6, 6.07) is 72.3. The van der Waals surface area contributed by atoms with Gasteiger partial charge in [-0.25, -0.2) is 0 Å². The van der Waals surface area contributed by atoms with Gasteiger partial charge in [-0.15, -0.1) is 11.3 Å². The van der Waals surface area contributed by atoms with Crippen LogP contribution in [0.2, 0.25) is 0 Å². The molecule has 282 valence electrons. The fourth-order valence-corrected chi connectivity index (χ4v) is 11.7. The summed E-state index contributed by atoms with van der Waals surface area (Å²) >= 11 is 1.89. The van der Waals surface area contributed by atoms with Crippen LogP contribution in [0.25, 0.3) is 109 Å². The molecule has 13 rings (SSSR count). The molecule has 0 atom stereocenters. The van der Waals surface area contributed by atoms with Crippen molar-refractivity contribution >= 4 is 75.1 Å². The molecule has 0 amide bonds. The monoisotopic (exact) mass is 782 g/mol. The van der Waals surface area contributed by atoms with Crippen LogP contribution >= 0.6 is 11.3 Å². The Morgan fingerprint density at radius 3 is 1.83 bits per heavy atom. The molecule has 12 aromatic rings. The third kappa shape index (κ3) is 4.64. The second-order valence-electron chi connectivity index (χ2n) is 16.9. The van der Waals surface area contributed by atoms with Crippen molar-refractivity contribution < 1.29 is 0 Å². The summed E-state index contributed by atoms with van der Waals surface area (Å²) in [4.78, 5) is 0. The highest BCUT2D eigenvalue weighted by atomic mass is 32.1. The van der Waals surface area contributed by atoms with Crippen LogP contribution < -0.4 is 0 Å². The van der Waals surface area contributed by atoms with Gasteiger partial charge in [-0.1, -0.05) is 135 Å². The SMILES string of the molecule is CC1(C)c2ccccc2-c2cc3c4cc(-c5cccc6sc7ccc(-c8cccc9c%10ccccc%10n(-c%10ccccc%10)c89)cc7c56)ccc4n(-c4ccccc4)c3cc21. The first-order valence-corrected chi connectivity index (χ1v) is 21.7. The molecule has 0 aliphatic heterocycles. The molecule has 0 fully saturated rings. The zero-order chi connectivity index (χ0) is 39.7. The quantitative estimate of drug-likeness (QED) is 0.168. The van der Waals surface area contributed by atoms with Gasteiger partial charge < -0.3 is 9.13 Å². The molecule has 3 heteroatoms. The predicted octanol–water partition coefficient (Wildman–Crippen LogP) is 15.9. The van der Waals surface area contributed by atoms with Crippen molar-refractivity contribution in [1.82, 2.24) is 9.13 Å². The molecule has 0 saturated carbocycles. The molecule has 0 saturated heterocycles. The van der Waals surface area contributed by atoms with Crippen LogP contribution in [-0.2, 0) is 5.41 Å². The van der Waals surface area contributed by atoms with E-state index in [1.807, 2.05) is 11.3 Å². The Hall–Kier alpha value is -7.20. The normalized spacial score (nSPS) is 13.3. The standard InChI is InChI=1S/C57H38N2S/c1-57(2)48-24-11-9-19-41(48)44-33-46-45-31-35(27-29-51(45)58(52(46)34-49(44)57)37-15-5-3-6-16-37)39-21-14-26-54-55(39)47-32-36(28-30-53(47)60-54)40-22-13-23-43-42-20-10-12-25-50(42)59(56(40)43)38-17-7-4-8-18-38/h3-34H,1-2H3. The van der Waals surface area contributed by atoms with Crippen LogP contribution in [0.1, 0.15) is 25.0 Å². The largest absolute Gasteiger partial charge is 0.309 e. The first-order chi connectivity index (χ1) is 29.5. The number of rotatable bonds is 4. The van der Waals surface area contributed by atoms with Gasteiger partial charge in [0, 0.05) is 64.1 Å². The van der Waals surface area contributed by atoms with Crippen LogP contribution in [0.15, 0.2) is 194 Å². The van der Waals surface area contributed by atoms with E-state index < -0.39 is 0 Å². The maximum Gasteiger partial charge on any atom is 0.0619 e. The van der Waals surface area contributed by atoms with E-state index in [9.17, 15) is 0 Å². The molecule has 3 aromatic heterocycles. The summed E-state index contributed by atoms with van der Waals surface area (Å²) in [5.74, 6) is 0. The fraction of sp³-hybridized carbons (Fsp3) is 0.0526. The predicted molar refractivity (Wildman–Crippen MR) is 256 cm³/mol. The molecule has 0 N–H and O–H groups in total. The Morgan fingerprint density at radius 2 is 0.983 bits per heavy atom. The van der Waals surface area contributed by atoms with Crippen molar-refractivity contribution in [2.24, 2.45) is 0 Å². The highest BCUT2D eigenvalue weighted by Crippen LogP contribution is 2.52. The van der Waals surface area contributed by atoms with Crippen LogP contribution in [-0.4, -0.2) is 9.13 Å². The second kappa shape index (κ2) is 12.4. The molecule has 3 heterocycles. The minimum Gasteiger partial charge on any atom is -0.309 e. The summed E-state index contributed by atoms with van der Waals surface area (Å²) in [6.07, 6.45) is 0. The Balaban J connectivity index is 1.05. The van der Waals surface area contributed by atoms with Crippen molar-refractivity contribution in [2.75, 3.05) is 0 Å². The lowest BCUT2D eigenvalue weighted by Gasteiger charge is -2.21. The van der Waals surface area contributed by atoms with Gasteiger partial charge in [0.1, 0.15) is 0 Å². The Labute approximate surface area is 351 Å². The van der Waals surface area contributed by atoms with E-state index in [0.717, 1.165) is 0 Å². The van der Waals surface area contributed by atoms with E-state index in [0.29, 0.717) is 0 Å². The summed E-state index contributed by atoms with van der Waals surface area (Å²) in [5, 5.41) is 7.71. The number of thiophene rings is 1. The Morgan fingerprint density at radius 1 is 0.367 bits per heavy atom. The molecule has 0 radical (unpaired) electrons. The summed E-state index contributed by atoms with van der Waals surface area (Å²) < 4.78 is 7.52. The molecule has 60 heavy (non-hydrogen) atoms. The Bertz CT molecular complexity index is 3730. The molecule has 2 nitrogen and oxygen atoms in total. The lowest BCUT2D eigenvalue weighted by molar-refractivity contribution is 0.661. The van der Waals surface area contributed by atoms with Gasteiger partial charge in [-0.2, -0.15) is 0 Å². The molecule has 9 aromatic carbocycles. The van der Waals surface area contributed by atoms with Crippen LogP contribution in [0.3, 0.4) is 0 Å². The smallest absolute Gasteiger partial charge is 0.0619 e. The van der Waals surface area contributed by atoms with Gasteiger partial charge >= 0.3 is 0 Å². The van der Waals surface area contributed by atoms with Crippen LogP contribution in [0.4, 0.5) is 0 Å². The van der Waals surface area contributed by atoms with Gasteiger partial charge in [-0.05, 0) is 112 Å². The average Bonchev–Trinajstić information content (AvgIpc) is 4.01. The average molecular weight is 783 g/mol. The summed E-state index contributed by atoms with van der Waals surface area (Å²) in [5.41, 5.74) is 17.6. The third-order valence-electron chi connectivity index (χ3n) is 13.3. The van der Waals surface area contributed by atoms with Crippen molar-refractivity contribution in [3.8, 4) is 44.8 Å².